The lowest BCUT2D eigenvalue weighted by Crippen LogP contribution is -2.47. The van der Waals surface area contributed by atoms with Gasteiger partial charge in [0, 0.05) is 17.7 Å². The third-order valence-electron chi connectivity index (χ3n) is 10.1. The lowest BCUT2D eigenvalue weighted by atomic mass is 9.75. The largest absolute Gasteiger partial charge is 0.573 e. The summed E-state index contributed by atoms with van der Waals surface area (Å²) < 4.78 is 79.6. The first kappa shape index (κ1) is 37.9. The number of nitrogens with two attached hydrogens (primary N) is 1. The Morgan fingerprint density at radius 1 is 1.04 bits per heavy atom. The van der Waals surface area contributed by atoms with Gasteiger partial charge in [0.1, 0.15) is 24.4 Å². The number of guanidine groups is 1. The molecule has 0 unspecified atom stereocenters. The van der Waals surface area contributed by atoms with Gasteiger partial charge in [-0.05, 0) is 71.8 Å². The zero-order valence-electron chi connectivity index (χ0n) is 30.7. The van der Waals surface area contributed by atoms with Crippen molar-refractivity contribution in [1.82, 2.24) is 29.4 Å². The Morgan fingerprint density at radius 2 is 1.75 bits per heavy atom. The zero-order chi connectivity index (χ0) is 39.5. The molecule has 0 spiro atoms. The molecule has 0 saturated heterocycles. The van der Waals surface area contributed by atoms with Gasteiger partial charge in [-0.2, -0.15) is 19.0 Å². The number of alkyl halides is 5. The molecule has 1 amide bonds. The Morgan fingerprint density at radius 3 is 2.35 bits per heavy atom. The lowest BCUT2D eigenvalue weighted by molar-refractivity contribution is -0.274. The molecule has 2 saturated carbocycles. The van der Waals surface area contributed by atoms with Gasteiger partial charge in [0.2, 0.25) is 0 Å². The van der Waals surface area contributed by atoms with Crippen LogP contribution in [0.4, 0.5) is 22.0 Å². The Bertz CT molecular complexity index is 2110. The number of carbonyl (C=O) groups is 2. The van der Waals surface area contributed by atoms with E-state index in [1.54, 1.807) is 24.3 Å². The van der Waals surface area contributed by atoms with Crippen LogP contribution in [0.5, 0.6) is 5.75 Å². The van der Waals surface area contributed by atoms with E-state index in [1.807, 2.05) is 27.7 Å². The summed E-state index contributed by atoms with van der Waals surface area (Å²) >= 11 is 0. The molecule has 292 valence electrons. The number of carbonyl (C=O) groups excluding carboxylic acids is 2. The van der Waals surface area contributed by atoms with E-state index in [-0.39, 0.29) is 48.0 Å². The summed E-state index contributed by atoms with van der Waals surface area (Å²) in [5.41, 5.74) is 6.07. The normalized spacial score (nSPS) is 20.1. The summed E-state index contributed by atoms with van der Waals surface area (Å²) in [6.45, 7) is 4.57. The maximum Gasteiger partial charge on any atom is 0.573 e. The molecule has 2 N–H and O–H groups in total. The maximum atomic E-state index is 15.1. The molecule has 2 aliphatic carbocycles. The molecule has 3 heterocycles. The first-order chi connectivity index (χ1) is 25.8. The predicted octanol–water partition coefficient (Wildman–Crippen LogP) is 7.57. The van der Waals surface area contributed by atoms with Crippen LogP contribution in [0.1, 0.15) is 102 Å². The average molecular weight is 769 g/mol. The van der Waals surface area contributed by atoms with Gasteiger partial charge in [-0.15, -0.1) is 13.2 Å². The highest BCUT2D eigenvalue weighted by Crippen LogP contribution is 2.49. The molecule has 7 rings (SSSR count). The molecular weight excluding hydrogens is 727 g/mol. The van der Waals surface area contributed by atoms with E-state index in [0.717, 1.165) is 31.7 Å². The molecule has 17 heteroatoms. The van der Waals surface area contributed by atoms with Crippen molar-refractivity contribution < 1.29 is 41.0 Å². The highest BCUT2D eigenvalue weighted by molar-refractivity contribution is 6.07. The fraction of sp³-hybridized carbons (Fsp3) is 0.474. The van der Waals surface area contributed by atoms with Gasteiger partial charge >= 0.3 is 18.9 Å². The third-order valence-corrected chi connectivity index (χ3v) is 10.1. The number of rotatable bonds is 13. The van der Waals surface area contributed by atoms with E-state index in [1.165, 1.54) is 40.4 Å². The molecule has 2 aromatic carbocycles. The first-order valence-electron chi connectivity index (χ1n) is 17.9. The number of aliphatic imine (C=N–C) groups is 1. The van der Waals surface area contributed by atoms with Crippen molar-refractivity contribution in [2.75, 3.05) is 6.61 Å². The topological polar surface area (TPSA) is 143 Å². The second-order valence-corrected chi connectivity index (χ2v) is 16.1. The van der Waals surface area contributed by atoms with Crippen LogP contribution in [0.2, 0.25) is 0 Å². The average Bonchev–Trinajstić information content (AvgIpc) is 3.92. The van der Waals surface area contributed by atoms with Crippen molar-refractivity contribution >= 4 is 17.8 Å². The first-order valence-corrected chi connectivity index (χ1v) is 17.9. The van der Waals surface area contributed by atoms with Crippen LogP contribution < -0.4 is 10.5 Å². The van der Waals surface area contributed by atoms with Crippen LogP contribution in [-0.4, -0.2) is 60.3 Å². The number of halogens is 5. The monoisotopic (exact) mass is 768 g/mol. The maximum absolute atomic E-state index is 15.1. The van der Waals surface area contributed by atoms with Crippen LogP contribution in [0.25, 0.3) is 16.8 Å². The molecule has 2 atom stereocenters. The summed E-state index contributed by atoms with van der Waals surface area (Å²) in [7, 11) is 0. The third kappa shape index (κ3) is 8.05. The molecule has 3 aliphatic rings. The summed E-state index contributed by atoms with van der Waals surface area (Å²) in [4.78, 5) is 38.5. The minimum absolute atomic E-state index is 0.00161. The lowest BCUT2D eigenvalue weighted by Gasteiger charge is -2.35. The Balaban J connectivity index is 1.30. The highest BCUT2D eigenvalue weighted by atomic mass is 19.4. The highest BCUT2D eigenvalue weighted by Gasteiger charge is 2.53. The smallest absolute Gasteiger partial charge is 0.463 e. The molecular formula is C38H41F5N8O4. The van der Waals surface area contributed by atoms with Crippen LogP contribution in [0, 0.1) is 10.8 Å². The molecule has 2 fully saturated rings. The quantitative estimate of drug-likeness (QED) is 0.109. The van der Waals surface area contributed by atoms with Gasteiger partial charge in [0.05, 0.1) is 18.7 Å². The van der Waals surface area contributed by atoms with Crippen molar-refractivity contribution in [3.05, 3.63) is 78.1 Å². The number of benzene rings is 2. The summed E-state index contributed by atoms with van der Waals surface area (Å²) in [6.07, 6.45) is 2.38. The number of hydrogen-bond acceptors (Lipinski definition) is 9. The molecule has 55 heavy (non-hydrogen) atoms. The Kier molecular flexibility index (Phi) is 9.48. The Hall–Kier alpha value is -5.35. The number of aromatic nitrogens is 5. The van der Waals surface area contributed by atoms with Crippen LogP contribution in [-0.2, 0) is 19.9 Å². The minimum Gasteiger partial charge on any atom is -0.463 e. The van der Waals surface area contributed by atoms with Crippen molar-refractivity contribution in [2.24, 2.45) is 21.6 Å². The van der Waals surface area contributed by atoms with Crippen molar-refractivity contribution in [2.45, 2.75) is 96.6 Å². The Labute approximate surface area is 313 Å². The number of hydrogen-bond donors (Lipinski definition) is 1. The van der Waals surface area contributed by atoms with Crippen LogP contribution >= 0.6 is 0 Å². The van der Waals surface area contributed by atoms with E-state index in [4.69, 9.17) is 15.5 Å². The van der Waals surface area contributed by atoms with Gasteiger partial charge in [0.15, 0.2) is 17.2 Å². The van der Waals surface area contributed by atoms with E-state index in [9.17, 15) is 26.7 Å². The molecule has 0 bridgehead atoms. The number of amides is 1. The SMILES string of the molecule is CC(C)(C)C[C@]1(c2ccc(-c3cnn(C(F)F)c3)cc2)N=C(N)N([C@H](COC(=O)CC2(C)CC2)c2ccc(OC(F)(F)F)c(-n3ncnc3C3CC3)c2)C1=O. The van der Waals surface area contributed by atoms with Gasteiger partial charge < -0.3 is 15.2 Å². The van der Waals surface area contributed by atoms with E-state index < -0.39 is 47.5 Å². The molecule has 0 radical (unpaired) electrons. The molecule has 12 nitrogen and oxygen atoms in total. The van der Waals surface area contributed by atoms with Crippen LogP contribution in [0.15, 0.2) is 66.2 Å². The standard InChI is InChI=1S/C38H41F5N8O4/c1-35(2,3)20-37(26-10-7-22(8-11-26)25-17-46-49(18-25)33(39)40)32(53)50(34(44)48-37)28(19-54-30(52)16-36(4)13-14-36)24-9-12-29(55-38(41,42)43)27(15-24)51-31(23-5-6-23)45-21-47-51/h7-12,15,17-18,21,23,28,33H,5-6,13-14,16,19-20H2,1-4H3,(H2,44,48)/t28-,37-/m1/s1. The molecule has 4 aromatic rings. The van der Waals surface area contributed by atoms with Crippen molar-refractivity contribution in [1.29, 1.82) is 0 Å². The second kappa shape index (κ2) is 13.7. The minimum atomic E-state index is -5.03. The molecule has 2 aromatic heterocycles. The predicted molar refractivity (Wildman–Crippen MR) is 189 cm³/mol. The van der Waals surface area contributed by atoms with E-state index in [2.05, 4.69) is 19.9 Å². The summed E-state index contributed by atoms with van der Waals surface area (Å²) in [6, 6.07) is 9.45. The fourth-order valence-electron chi connectivity index (χ4n) is 7.06. The molecule has 1 aliphatic heterocycles. The second-order valence-electron chi connectivity index (χ2n) is 16.1. The van der Waals surface area contributed by atoms with E-state index >= 15 is 4.79 Å². The van der Waals surface area contributed by atoms with Crippen LogP contribution in [0.3, 0.4) is 0 Å². The van der Waals surface area contributed by atoms with Gasteiger partial charge in [-0.25, -0.2) is 19.3 Å². The van der Waals surface area contributed by atoms with Gasteiger partial charge in [-0.3, -0.25) is 14.5 Å². The van der Waals surface area contributed by atoms with E-state index in [0.29, 0.717) is 27.2 Å². The van der Waals surface area contributed by atoms with Gasteiger partial charge in [0.25, 0.3) is 5.91 Å². The summed E-state index contributed by atoms with van der Waals surface area (Å²) in [5, 5.41) is 7.94. The summed E-state index contributed by atoms with van der Waals surface area (Å²) in [5.74, 6) is -1.33. The fourth-order valence-corrected chi connectivity index (χ4v) is 7.06. The number of esters is 1. The number of ether oxygens (including phenoxy) is 2. The zero-order valence-corrected chi connectivity index (χ0v) is 30.7. The van der Waals surface area contributed by atoms with Gasteiger partial charge in [-0.1, -0.05) is 58.0 Å². The van der Waals surface area contributed by atoms with Crippen molar-refractivity contribution in [3.63, 3.8) is 0 Å². The van der Waals surface area contributed by atoms with Crippen molar-refractivity contribution in [3.8, 4) is 22.6 Å². The number of nitrogens with zero attached hydrogens (tertiary/aromatic N) is 7.